The van der Waals surface area contributed by atoms with Crippen LogP contribution in [0, 0.1) is 11.3 Å². The Kier molecular flexibility index (Phi) is 5.97. The van der Waals surface area contributed by atoms with E-state index in [-0.39, 0.29) is 11.9 Å². The molecule has 0 bridgehead atoms. The molecule has 0 spiro atoms. The van der Waals surface area contributed by atoms with Crippen molar-refractivity contribution in [2.45, 2.75) is 39.2 Å². The molecule has 0 radical (unpaired) electrons. The van der Waals surface area contributed by atoms with Gasteiger partial charge in [-0.15, -0.1) is 0 Å². The number of anilines is 2. The summed E-state index contributed by atoms with van der Waals surface area (Å²) in [4.78, 5) is 12.4. The molecule has 124 valence electrons. The number of nitriles is 1. The number of amides is 1. The first kappa shape index (κ1) is 17.6. The lowest BCUT2D eigenvalue weighted by Gasteiger charge is -2.18. The number of carbonyl (C=O) groups is 1. The molecule has 0 saturated carbocycles. The summed E-state index contributed by atoms with van der Waals surface area (Å²) in [5, 5.41) is 14.9. The molecular formula is C20H23N3O. The summed E-state index contributed by atoms with van der Waals surface area (Å²) in [6.07, 6.45) is 0.391. The summed E-state index contributed by atoms with van der Waals surface area (Å²) >= 11 is 0. The zero-order chi connectivity index (χ0) is 17.5. The Bertz CT molecular complexity index is 729. The van der Waals surface area contributed by atoms with Gasteiger partial charge in [0.1, 0.15) is 6.04 Å². The van der Waals surface area contributed by atoms with Crippen molar-refractivity contribution in [2.75, 3.05) is 10.6 Å². The largest absolute Gasteiger partial charge is 0.374 e. The highest BCUT2D eigenvalue weighted by Gasteiger charge is 2.15. The van der Waals surface area contributed by atoms with Crippen molar-refractivity contribution < 1.29 is 4.79 Å². The summed E-state index contributed by atoms with van der Waals surface area (Å²) in [5.74, 6) is 0.265. The molecular weight excluding hydrogens is 298 g/mol. The first-order valence-electron chi connectivity index (χ1n) is 8.13. The highest BCUT2D eigenvalue weighted by Crippen LogP contribution is 2.24. The third kappa shape index (κ3) is 4.60. The molecule has 4 nitrogen and oxygen atoms in total. The zero-order valence-corrected chi connectivity index (χ0v) is 14.3. The number of hydrogen-bond donors (Lipinski definition) is 2. The fraction of sp³-hybridized carbons (Fsp3) is 0.300. The van der Waals surface area contributed by atoms with Gasteiger partial charge in [0, 0.05) is 11.4 Å². The van der Waals surface area contributed by atoms with Crippen molar-refractivity contribution in [1.82, 2.24) is 0 Å². The Hall–Kier alpha value is -2.80. The number of para-hydroxylation sites is 1. The van der Waals surface area contributed by atoms with E-state index in [0.29, 0.717) is 12.3 Å². The number of carbonyl (C=O) groups excluding carboxylic acids is 1. The van der Waals surface area contributed by atoms with Gasteiger partial charge in [-0.05, 0) is 42.2 Å². The summed E-state index contributed by atoms with van der Waals surface area (Å²) < 4.78 is 0. The molecule has 2 rings (SSSR count). The summed E-state index contributed by atoms with van der Waals surface area (Å²) in [6, 6.07) is 17.2. The molecule has 0 aromatic heterocycles. The quantitative estimate of drug-likeness (QED) is 0.833. The highest BCUT2D eigenvalue weighted by atomic mass is 16.2. The van der Waals surface area contributed by atoms with Crippen LogP contribution in [-0.4, -0.2) is 11.9 Å². The summed E-state index contributed by atoms with van der Waals surface area (Å²) in [7, 11) is 0. The number of hydrogen-bond acceptors (Lipinski definition) is 3. The van der Waals surface area contributed by atoms with Crippen LogP contribution in [0.3, 0.4) is 0 Å². The number of benzene rings is 2. The fourth-order valence-corrected chi connectivity index (χ4v) is 2.48. The minimum Gasteiger partial charge on any atom is -0.374 e. The molecule has 4 heteroatoms. The third-order valence-electron chi connectivity index (χ3n) is 3.85. The van der Waals surface area contributed by atoms with Gasteiger partial charge in [0.15, 0.2) is 0 Å². The van der Waals surface area contributed by atoms with Gasteiger partial charge in [0.05, 0.1) is 12.5 Å². The van der Waals surface area contributed by atoms with E-state index in [1.807, 2.05) is 55.5 Å². The van der Waals surface area contributed by atoms with Crippen LogP contribution in [0.4, 0.5) is 11.4 Å². The monoisotopic (exact) mass is 321 g/mol. The molecule has 2 N–H and O–H groups in total. The second kappa shape index (κ2) is 8.16. The predicted molar refractivity (Wildman–Crippen MR) is 98.0 cm³/mol. The van der Waals surface area contributed by atoms with Crippen molar-refractivity contribution in [3.63, 3.8) is 0 Å². The Morgan fingerprint density at radius 1 is 1.08 bits per heavy atom. The maximum atomic E-state index is 12.4. The first-order chi connectivity index (χ1) is 11.5. The first-order valence-corrected chi connectivity index (χ1v) is 8.13. The zero-order valence-electron chi connectivity index (χ0n) is 14.3. The van der Waals surface area contributed by atoms with Crippen molar-refractivity contribution in [1.29, 1.82) is 5.26 Å². The lowest BCUT2D eigenvalue weighted by Crippen LogP contribution is -2.32. The van der Waals surface area contributed by atoms with Crippen molar-refractivity contribution in [3.8, 4) is 6.07 Å². The molecule has 0 aliphatic carbocycles. The Balaban J connectivity index is 2.01. The van der Waals surface area contributed by atoms with Gasteiger partial charge in [0.2, 0.25) is 5.91 Å². The van der Waals surface area contributed by atoms with Crippen molar-refractivity contribution in [2.24, 2.45) is 0 Å². The SMILES string of the molecule is CC(Nc1ccc(CC#N)cc1)C(=O)Nc1ccccc1C(C)C. The van der Waals surface area contributed by atoms with Gasteiger partial charge in [0.25, 0.3) is 0 Å². The number of nitrogens with one attached hydrogen (secondary N) is 2. The maximum Gasteiger partial charge on any atom is 0.246 e. The summed E-state index contributed by atoms with van der Waals surface area (Å²) in [6.45, 7) is 6.04. The van der Waals surface area contributed by atoms with Crippen LogP contribution in [0.5, 0.6) is 0 Å². The Labute approximate surface area is 143 Å². The van der Waals surface area contributed by atoms with Gasteiger partial charge in [-0.25, -0.2) is 0 Å². The molecule has 2 aromatic rings. The van der Waals surface area contributed by atoms with Gasteiger partial charge >= 0.3 is 0 Å². The standard InChI is InChI=1S/C20H23N3O/c1-14(2)18-6-4-5-7-19(18)23-20(24)15(3)22-17-10-8-16(9-11-17)12-13-21/h4-11,14-15,22H,12H2,1-3H3,(H,23,24). The lowest BCUT2D eigenvalue weighted by molar-refractivity contribution is -0.116. The van der Waals surface area contributed by atoms with E-state index in [2.05, 4.69) is 30.6 Å². The van der Waals surface area contributed by atoms with Crippen LogP contribution in [0.1, 0.15) is 37.8 Å². The summed E-state index contributed by atoms with van der Waals surface area (Å²) in [5.41, 5.74) is 3.80. The second-order valence-corrected chi connectivity index (χ2v) is 6.13. The smallest absolute Gasteiger partial charge is 0.246 e. The third-order valence-corrected chi connectivity index (χ3v) is 3.85. The van der Waals surface area contributed by atoms with Crippen LogP contribution in [-0.2, 0) is 11.2 Å². The van der Waals surface area contributed by atoms with E-state index in [1.54, 1.807) is 0 Å². The van der Waals surface area contributed by atoms with Crippen LogP contribution in [0.25, 0.3) is 0 Å². The topological polar surface area (TPSA) is 64.9 Å². The van der Waals surface area contributed by atoms with Crippen LogP contribution < -0.4 is 10.6 Å². The molecule has 0 saturated heterocycles. The molecule has 1 unspecified atom stereocenters. The number of nitrogens with zero attached hydrogens (tertiary/aromatic N) is 1. The van der Waals surface area contributed by atoms with Crippen molar-refractivity contribution >= 4 is 17.3 Å². The van der Waals surface area contributed by atoms with Gasteiger partial charge < -0.3 is 10.6 Å². The van der Waals surface area contributed by atoms with E-state index in [0.717, 1.165) is 22.5 Å². The Morgan fingerprint density at radius 2 is 1.75 bits per heavy atom. The highest BCUT2D eigenvalue weighted by molar-refractivity contribution is 5.96. The van der Waals surface area contributed by atoms with Gasteiger partial charge in [-0.3, -0.25) is 4.79 Å². The van der Waals surface area contributed by atoms with Crippen LogP contribution in [0.15, 0.2) is 48.5 Å². The molecule has 1 atom stereocenters. The minimum atomic E-state index is -0.368. The predicted octanol–water partition coefficient (Wildman–Crippen LogP) is 4.32. The van der Waals surface area contributed by atoms with Crippen molar-refractivity contribution in [3.05, 3.63) is 59.7 Å². The number of rotatable bonds is 6. The molecule has 0 fully saturated rings. The van der Waals surface area contributed by atoms with E-state index in [9.17, 15) is 4.79 Å². The van der Waals surface area contributed by atoms with Gasteiger partial charge in [-0.2, -0.15) is 5.26 Å². The molecule has 0 heterocycles. The molecule has 1 amide bonds. The van der Waals surface area contributed by atoms with E-state index in [4.69, 9.17) is 5.26 Å². The maximum absolute atomic E-state index is 12.4. The molecule has 24 heavy (non-hydrogen) atoms. The fourth-order valence-electron chi connectivity index (χ4n) is 2.48. The van der Waals surface area contributed by atoms with Crippen LogP contribution in [0.2, 0.25) is 0 Å². The van der Waals surface area contributed by atoms with Crippen LogP contribution >= 0.6 is 0 Å². The molecule has 2 aromatic carbocycles. The lowest BCUT2D eigenvalue weighted by atomic mass is 10.0. The molecule has 0 aliphatic heterocycles. The van der Waals surface area contributed by atoms with E-state index < -0.39 is 0 Å². The normalized spacial score (nSPS) is 11.6. The average Bonchev–Trinajstić information content (AvgIpc) is 2.57. The average molecular weight is 321 g/mol. The van der Waals surface area contributed by atoms with E-state index in [1.165, 1.54) is 0 Å². The molecule has 0 aliphatic rings. The second-order valence-electron chi connectivity index (χ2n) is 6.13. The van der Waals surface area contributed by atoms with Gasteiger partial charge in [-0.1, -0.05) is 44.2 Å². The minimum absolute atomic E-state index is 0.0794. The Morgan fingerprint density at radius 3 is 2.38 bits per heavy atom. The van der Waals surface area contributed by atoms with E-state index >= 15 is 0 Å².